The summed E-state index contributed by atoms with van der Waals surface area (Å²) in [5.74, 6) is -0.742. The zero-order chi connectivity index (χ0) is 11.8. The van der Waals surface area contributed by atoms with Crippen molar-refractivity contribution in [2.75, 3.05) is 0 Å². The lowest BCUT2D eigenvalue weighted by Gasteiger charge is -2.08. The molecule has 17 heavy (non-hydrogen) atoms. The molecule has 0 radical (unpaired) electrons. The fraction of sp³-hybridized carbons (Fsp3) is 0.308. The van der Waals surface area contributed by atoms with E-state index in [9.17, 15) is 4.79 Å². The summed E-state index contributed by atoms with van der Waals surface area (Å²) < 4.78 is 1.27. The van der Waals surface area contributed by atoms with E-state index in [1.165, 1.54) is 15.0 Å². The van der Waals surface area contributed by atoms with Gasteiger partial charge in [0.05, 0.1) is 0 Å². The molecule has 1 aliphatic rings. The van der Waals surface area contributed by atoms with E-state index in [1.54, 1.807) is 11.3 Å². The third-order valence-electron chi connectivity index (χ3n) is 3.23. The van der Waals surface area contributed by atoms with Gasteiger partial charge in [0.25, 0.3) is 0 Å². The third-order valence-corrected chi connectivity index (χ3v) is 4.46. The zero-order valence-electron chi connectivity index (χ0n) is 9.22. The Morgan fingerprint density at radius 3 is 2.88 bits per heavy atom. The number of carbonyl (C=O) groups is 1. The van der Waals surface area contributed by atoms with Crippen LogP contribution in [-0.2, 0) is 4.79 Å². The number of hydrogen-bond donors (Lipinski definition) is 2. The van der Waals surface area contributed by atoms with Crippen molar-refractivity contribution in [3.05, 3.63) is 35.2 Å². The molecule has 2 heterocycles. The summed E-state index contributed by atoms with van der Waals surface area (Å²) >= 11 is 1.75. The molecule has 2 aromatic rings. The number of fused-ring (bicyclic) bond motifs is 1. The van der Waals surface area contributed by atoms with Gasteiger partial charge in [0.1, 0.15) is 6.04 Å². The molecular weight excluding hydrogens is 234 g/mol. The van der Waals surface area contributed by atoms with Gasteiger partial charge in [-0.1, -0.05) is 18.2 Å². The van der Waals surface area contributed by atoms with Crippen molar-refractivity contribution < 1.29 is 9.90 Å². The molecule has 2 atom stereocenters. The number of nitrogens with one attached hydrogen (secondary N) is 1. The van der Waals surface area contributed by atoms with Crippen molar-refractivity contribution >= 4 is 27.4 Å². The molecule has 0 aliphatic carbocycles. The lowest BCUT2D eigenvalue weighted by atomic mass is 10.1. The molecule has 0 bridgehead atoms. The summed E-state index contributed by atoms with van der Waals surface area (Å²) in [4.78, 5) is 12.1. The number of carboxylic acids is 1. The first-order valence-corrected chi connectivity index (χ1v) is 6.53. The van der Waals surface area contributed by atoms with Gasteiger partial charge in [0, 0.05) is 15.6 Å². The van der Waals surface area contributed by atoms with Crippen LogP contribution in [0.3, 0.4) is 0 Å². The summed E-state index contributed by atoms with van der Waals surface area (Å²) in [7, 11) is 0. The quantitative estimate of drug-likeness (QED) is 0.858. The molecule has 3 rings (SSSR count). The molecule has 1 aromatic heterocycles. The normalized spacial score (nSPS) is 24.2. The van der Waals surface area contributed by atoms with Crippen LogP contribution in [0.2, 0.25) is 0 Å². The summed E-state index contributed by atoms with van der Waals surface area (Å²) in [6.45, 7) is 0. The lowest BCUT2D eigenvalue weighted by molar-refractivity contribution is -0.139. The Balaban J connectivity index is 1.87. The van der Waals surface area contributed by atoms with E-state index in [-0.39, 0.29) is 12.1 Å². The summed E-state index contributed by atoms with van der Waals surface area (Å²) in [6, 6.07) is 10.2. The van der Waals surface area contributed by atoms with Crippen molar-refractivity contribution in [1.29, 1.82) is 0 Å². The molecule has 88 valence electrons. The topological polar surface area (TPSA) is 49.3 Å². The second-order valence-electron chi connectivity index (χ2n) is 4.37. The van der Waals surface area contributed by atoms with E-state index in [0.717, 1.165) is 6.42 Å². The van der Waals surface area contributed by atoms with Crippen LogP contribution in [0.15, 0.2) is 30.3 Å². The van der Waals surface area contributed by atoms with Crippen LogP contribution in [0.4, 0.5) is 0 Å². The smallest absolute Gasteiger partial charge is 0.320 e. The third kappa shape index (κ3) is 1.94. The Labute approximate surface area is 103 Å². The molecule has 1 aromatic carbocycles. The average Bonchev–Trinajstić information content (AvgIpc) is 2.95. The average molecular weight is 247 g/mol. The van der Waals surface area contributed by atoms with Crippen molar-refractivity contribution in [2.45, 2.75) is 24.9 Å². The van der Waals surface area contributed by atoms with E-state index in [4.69, 9.17) is 5.11 Å². The molecule has 1 aliphatic heterocycles. The van der Waals surface area contributed by atoms with Crippen LogP contribution in [0, 0.1) is 0 Å². The summed E-state index contributed by atoms with van der Waals surface area (Å²) in [5.41, 5.74) is 0. The molecule has 1 fully saturated rings. The SMILES string of the molecule is O=C(O)C1CCC(c2cc3ccccc3s2)N1. The van der Waals surface area contributed by atoms with Gasteiger partial charge in [0.2, 0.25) is 0 Å². The van der Waals surface area contributed by atoms with Gasteiger partial charge < -0.3 is 5.11 Å². The maximum Gasteiger partial charge on any atom is 0.320 e. The van der Waals surface area contributed by atoms with E-state index >= 15 is 0 Å². The molecule has 1 saturated heterocycles. The second kappa shape index (κ2) is 4.13. The second-order valence-corrected chi connectivity index (χ2v) is 5.49. The maximum absolute atomic E-state index is 10.9. The van der Waals surface area contributed by atoms with E-state index < -0.39 is 5.97 Å². The van der Waals surface area contributed by atoms with Gasteiger partial charge in [-0.2, -0.15) is 0 Å². The standard InChI is InChI=1S/C13H13NO2S/c15-13(16)10-6-5-9(14-10)12-7-8-3-1-2-4-11(8)17-12/h1-4,7,9-10,14H,5-6H2,(H,15,16). The highest BCUT2D eigenvalue weighted by Gasteiger charge is 2.30. The van der Waals surface area contributed by atoms with Crippen molar-refractivity contribution in [3.8, 4) is 0 Å². The minimum absolute atomic E-state index is 0.202. The van der Waals surface area contributed by atoms with Crippen LogP contribution in [-0.4, -0.2) is 17.1 Å². The van der Waals surface area contributed by atoms with Gasteiger partial charge in [0.15, 0.2) is 0 Å². The fourth-order valence-corrected chi connectivity index (χ4v) is 3.50. The largest absolute Gasteiger partial charge is 0.480 e. The number of hydrogen-bond acceptors (Lipinski definition) is 3. The first-order chi connectivity index (χ1) is 8.24. The van der Waals surface area contributed by atoms with Gasteiger partial charge >= 0.3 is 5.97 Å². The Morgan fingerprint density at radius 1 is 1.35 bits per heavy atom. The summed E-state index contributed by atoms with van der Waals surface area (Å²) in [6.07, 6.45) is 1.62. The van der Waals surface area contributed by atoms with Crippen molar-refractivity contribution in [1.82, 2.24) is 5.32 Å². The molecular formula is C13H13NO2S. The van der Waals surface area contributed by atoms with Crippen LogP contribution in [0.25, 0.3) is 10.1 Å². The minimum Gasteiger partial charge on any atom is -0.480 e. The molecule has 0 amide bonds. The Hall–Kier alpha value is -1.39. The minimum atomic E-state index is -0.742. The van der Waals surface area contributed by atoms with Crippen LogP contribution < -0.4 is 5.32 Å². The van der Waals surface area contributed by atoms with E-state index in [1.807, 2.05) is 12.1 Å². The molecule has 2 unspecified atom stereocenters. The van der Waals surface area contributed by atoms with Crippen molar-refractivity contribution in [2.24, 2.45) is 0 Å². The van der Waals surface area contributed by atoms with E-state index in [2.05, 4.69) is 23.5 Å². The highest BCUT2D eigenvalue weighted by molar-refractivity contribution is 7.19. The lowest BCUT2D eigenvalue weighted by Crippen LogP contribution is -2.31. The first-order valence-electron chi connectivity index (χ1n) is 5.71. The number of carboxylic acid groups (broad SMARTS) is 1. The van der Waals surface area contributed by atoms with Crippen molar-refractivity contribution in [3.63, 3.8) is 0 Å². The van der Waals surface area contributed by atoms with Gasteiger partial charge in [-0.3, -0.25) is 10.1 Å². The molecule has 0 spiro atoms. The highest BCUT2D eigenvalue weighted by atomic mass is 32.1. The monoisotopic (exact) mass is 247 g/mol. The Kier molecular flexibility index (Phi) is 2.61. The van der Waals surface area contributed by atoms with Gasteiger partial charge in [-0.05, 0) is 30.4 Å². The fourth-order valence-electron chi connectivity index (χ4n) is 2.34. The summed E-state index contributed by atoms with van der Waals surface area (Å²) in [5, 5.41) is 13.4. The van der Waals surface area contributed by atoms with Crippen LogP contribution in [0.1, 0.15) is 23.8 Å². The maximum atomic E-state index is 10.9. The molecule has 0 saturated carbocycles. The predicted octanol–water partition coefficient (Wildman–Crippen LogP) is 2.78. The molecule has 4 heteroatoms. The number of rotatable bonds is 2. The number of thiophene rings is 1. The number of aliphatic carboxylic acids is 1. The first kappa shape index (κ1) is 10.7. The van der Waals surface area contributed by atoms with Crippen LogP contribution in [0.5, 0.6) is 0 Å². The van der Waals surface area contributed by atoms with Gasteiger partial charge in [-0.25, -0.2) is 0 Å². The van der Waals surface area contributed by atoms with E-state index in [0.29, 0.717) is 6.42 Å². The van der Waals surface area contributed by atoms with Crippen LogP contribution >= 0.6 is 11.3 Å². The highest BCUT2D eigenvalue weighted by Crippen LogP contribution is 2.34. The molecule has 3 nitrogen and oxygen atoms in total. The number of benzene rings is 1. The Bertz CT molecular complexity index is 530. The molecule has 2 N–H and O–H groups in total. The predicted molar refractivity (Wildman–Crippen MR) is 68.4 cm³/mol. The zero-order valence-corrected chi connectivity index (χ0v) is 10.0. The van der Waals surface area contributed by atoms with Gasteiger partial charge in [-0.15, -0.1) is 11.3 Å². The Morgan fingerprint density at radius 2 is 2.18 bits per heavy atom.